The van der Waals surface area contributed by atoms with Gasteiger partial charge in [-0.1, -0.05) is 36.4 Å². The Morgan fingerprint density at radius 3 is 1.67 bits per heavy atom. The second kappa shape index (κ2) is 13.9. The standard InChI is InChI=1S/C30H23N3O10/c34-25(18-13-15-21(16-14-18)31-26(35)22-12-7-17-41-22)32-33-27(36)23(42-29(39)19-8-3-1-4-9-19)24(28(37)38)43-30(40)20-10-5-2-6-11-20/h1-17,23-24H,(H,31,35)(H,32,34)(H,33,36)(H,37,38)/t23-,24+/m0/s1. The Labute approximate surface area is 243 Å². The second-order valence-corrected chi connectivity index (χ2v) is 8.67. The zero-order valence-electron chi connectivity index (χ0n) is 22.1. The van der Waals surface area contributed by atoms with E-state index in [-0.39, 0.29) is 22.5 Å². The molecule has 0 saturated heterocycles. The number of carboxylic acids is 1. The van der Waals surface area contributed by atoms with E-state index in [9.17, 15) is 33.9 Å². The zero-order valence-corrected chi connectivity index (χ0v) is 22.1. The molecule has 13 heteroatoms. The molecule has 13 nitrogen and oxygen atoms in total. The van der Waals surface area contributed by atoms with E-state index in [4.69, 9.17) is 13.9 Å². The number of hydrazine groups is 1. The maximum Gasteiger partial charge on any atom is 0.349 e. The van der Waals surface area contributed by atoms with Crippen molar-refractivity contribution < 1.29 is 47.8 Å². The summed E-state index contributed by atoms with van der Waals surface area (Å²) in [6, 6.07) is 23.3. The Kier molecular flexibility index (Phi) is 9.61. The van der Waals surface area contributed by atoms with Gasteiger partial charge in [-0.3, -0.25) is 25.2 Å². The number of anilines is 1. The molecule has 4 aromatic rings. The topological polar surface area (TPSA) is 190 Å². The number of ether oxygens (including phenoxy) is 2. The van der Waals surface area contributed by atoms with Crippen LogP contribution < -0.4 is 16.2 Å². The first kappa shape index (κ1) is 29.7. The highest BCUT2D eigenvalue weighted by Crippen LogP contribution is 2.14. The summed E-state index contributed by atoms with van der Waals surface area (Å²) < 4.78 is 15.2. The van der Waals surface area contributed by atoms with Crippen LogP contribution in [0.2, 0.25) is 0 Å². The van der Waals surface area contributed by atoms with Gasteiger partial charge in [0.25, 0.3) is 17.7 Å². The molecule has 0 radical (unpaired) electrons. The average Bonchev–Trinajstić information content (AvgIpc) is 3.58. The van der Waals surface area contributed by atoms with Crippen LogP contribution in [-0.4, -0.2) is 52.9 Å². The molecule has 43 heavy (non-hydrogen) atoms. The fraction of sp³-hybridized carbons (Fsp3) is 0.0667. The van der Waals surface area contributed by atoms with E-state index in [1.165, 1.54) is 85.1 Å². The molecule has 4 rings (SSSR count). The maximum atomic E-state index is 13.1. The molecule has 218 valence electrons. The number of aliphatic carboxylic acids is 1. The number of carboxylic acid groups (broad SMARTS) is 1. The molecular weight excluding hydrogens is 562 g/mol. The summed E-state index contributed by atoms with van der Waals surface area (Å²) in [6.45, 7) is 0. The van der Waals surface area contributed by atoms with Crippen molar-refractivity contribution in [3.63, 3.8) is 0 Å². The van der Waals surface area contributed by atoms with Gasteiger partial charge in [-0.25, -0.2) is 14.4 Å². The number of rotatable bonds is 10. The molecule has 2 atom stereocenters. The first-order chi connectivity index (χ1) is 20.7. The van der Waals surface area contributed by atoms with Gasteiger partial charge in [0.15, 0.2) is 5.76 Å². The van der Waals surface area contributed by atoms with Crippen molar-refractivity contribution in [2.24, 2.45) is 0 Å². The van der Waals surface area contributed by atoms with Crippen LogP contribution in [0.4, 0.5) is 5.69 Å². The number of carbonyl (C=O) groups is 6. The predicted octanol–water partition coefficient (Wildman–Crippen LogP) is 2.83. The molecule has 1 heterocycles. The van der Waals surface area contributed by atoms with Gasteiger partial charge >= 0.3 is 17.9 Å². The molecular formula is C30H23N3O10. The summed E-state index contributed by atoms with van der Waals surface area (Å²) in [5.41, 5.74) is 4.45. The van der Waals surface area contributed by atoms with Gasteiger partial charge in [0.1, 0.15) is 0 Å². The molecule has 0 unspecified atom stereocenters. The zero-order chi connectivity index (χ0) is 30.8. The molecule has 0 spiro atoms. The summed E-state index contributed by atoms with van der Waals surface area (Å²) in [5, 5.41) is 12.4. The van der Waals surface area contributed by atoms with E-state index in [1.54, 1.807) is 18.2 Å². The van der Waals surface area contributed by atoms with Gasteiger partial charge in [0.05, 0.1) is 17.4 Å². The lowest BCUT2D eigenvalue weighted by Crippen LogP contribution is -2.54. The predicted molar refractivity (Wildman–Crippen MR) is 148 cm³/mol. The van der Waals surface area contributed by atoms with Crippen molar-refractivity contribution in [2.75, 3.05) is 5.32 Å². The molecule has 0 aliphatic heterocycles. The lowest BCUT2D eigenvalue weighted by molar-refractivity contribution is -0.159. The minimum Gasteiger partial charge on any atom is -0.478 e. The third kappa shape index (κ3) is 7.91. The number of esters is 2. The molecule has 3 aromatic carbocycles. The molecule has 0 fully saturated rings. The van der Waals surface area contributed by atoms with Gasteiger partial charge in [-0.05, 0) is 60.7 Å². The number of carbonyl (C=O) groups excluding carboxylic acids is 5. The molecule has 1 aromatic heterocycles. The first-order valence-corrected chi connectivity index (χ1v) is 12.5. The van der Waals surface area contributed by atoms with E-state index >= 15 is 0 Å². The Balaban J connectivity index is 1.46. The van der Waals surface area contributed by atoms with Crippen LogP contribution in [0.3, 0.4) is 0 Å². The molecule has 0 aliphatic rings. The number of furan rings is 1. The van der Waals surface area contributed by atoms with Gasteiger partial charge in [0, 0.05) is 11.3 Å². The van der Waals surface area contributed by atoms with Crippen LogP contribution >= 0.6 is 0 Å². The van der Waals surface area contributed by atoms with Crippen molar-refractivity contribution >= 4 is 41.3 Å². The van der Waals surface area contributed by atoms with Crippen LogP contribution in [0.5, 0.6) is 0 Å². The molecule has 0 aliphatic carbocycles. The summed E-state index contributed by atoms with van der Waals surface area (Å²) >= 11 is 0. The van der Waals surface area contributed by atoms with Crippen LogP contribution in [0, 0.1) is 0 Å². The molecule has 0 saturated carbocycles. The highest BCUT2D eigenvalue weighted by molar-refractivity contribution is 6.03. The fourth-order valence-corrected chi connectivity index (χ4v) is 3.58. The van der Waals surface area contributed by atoms with E-state index in [2.05, 4.69) is 10.7 Å². The summed E-state index contributed by atoms with van der Waals surface area (Å²) in [5.74, 6) is -6.52. The monoisotopic (exact) mass is 585 g/mol. The summed E-state index contributed by atoms with van der Waals surface area (Å²) in [7, 11) is 0. The van der Waals surface area contributed by atoms with Gasteiger partial charge in [-0.15, -0.1) is 0 Å². The third-order valence-electron chi connectivity index (χ3n) is 5.71. The smallest absolute Gasteiger partial charge is 0.349 e. The lowest BCUT2D eigenvalue weighted by Gasteiger charge is -2.23. The number of benzene rings is 3. The highest BCUT2D eigenvalue weighted by Gasteiger charge is 2.41. The van der Waals surface area contributed by atoms with Gasteiger partial charge in [-0.2, -0.15) is 0 Å². The highest BCUT2D eigenvalue weighted by atomic mass is 16.6. The van der Waals surface area contributed by atoms with Crippen LogP contribution in [-0.2, 0) is 19.1 Å². The van der Waals surface area contributed by atoms with Crippen molar-refractivity contribution in [3.8, 4) is 0 Å². The third-order valence-corrected chi connectivity index (χ3v) is 5.71. The molecule has 3 amide bonds. The largest absolute Gasteiger partial charge is 0.478 e. The minimum atomic E-state index is -2.28. The van der Waals surface area contributed by atoms with Crippen molar-refractivity contribution in [2.45, 2.75) is 12.2 Å². The molecule has 4 N–H and O–H groups in total. The normalized spacial score (nSPS) is 11.7. The second-order valence-electron chi connectivity index (χ2n) is 8.67. The Morgan fingerprint density at radius 1 is 0.605 bits per heavy atom. The quantitative estimate of drug-likeness (QED) is 0.159. The molecule has 0 bridgehead atoms. The van der Waals surface area contributed by atoms with Gasteiger partial charge in [0.2, 0.25) is 12.2 Å². The SMILES string of the molecule is O=C(NNC(=O)[C@@H](OC(=O)c1ccccc1)[C@@H](OC(=O)c1ccccc1)C(=O)O)c1ccc(NC(=O)c2ccco2)cc1. The average molecular weight is 586 g/mol. The van der Waals surface area contributed by atoms with Crippen molar-refractivity contribution in [1.82, 2.24) is 10.9 Å². The number of amides is 3. The maximum absolute atomic E-state index is 13.1. The lowest BCUT2D eigenvalue weighted by atomic mass is 10.1. The minimum absolute atomic E-state index is 0.0120. The van der Waals surface area contributed by atoms with Crippen molar-refractivity contribution in [1.29, 1.82) is 0 Å². The van der Waals surface area contributed by atoms with Crippen LogP contribution in [0.25, 0.3) is 0 Å². The van der Waals surface area contributed by atoms with Gasteiger partial charge < -0.3 is 24.3 Å². The van der Waals surface area contributed by atoms with E-state index in [0.717, 1.165) is 0 Å². The van der Waals surface area contributed by atoms with E-state index in [1.807, 2.05) is 5.43 Å². The van der Waals surface area contributed by atoms with Crippen LogP contribution in [0.1, 0.15) is 41.6 Å². The Hall–Kier alpha value is -6.24. The van der Waals surface area contributed by atoms with E-state index < -0.39 is 47.8 Å². The summed E-state index contributed by atoms with van der Waals surface area (Å²) in [6.07, 6.45) is -3.15. The number of nitrogens with one attached hydrogen (secondary N) is 3. The van der Waals surface area contributed by atoms with Crippen LogP contribution in [0.15, 0.2) is 108 Å². The first-order valence-electron chi connectivity index (χ1n) is 12.5. The fourth-order valence-electron chi connectivity index (χ4n) is 3.58. The van der Waals surface area contributed by atoms with E-state index in [0.29, 0.717) is 5.69 Å². The number of hydrogen-bond acceptors (Lipinski definition) is 9. The van der Waals surface area contributed by atoms with Crippen molar-refractivity contribution in [3.05, 3.63) is 126 Å². The Bertz CT molecular complexity index is 1610. The summed E-state index contributed by atoms with van der Waals surface area (Å²) in [4.78, 5) is 75.3. The Morgan fingerprint density at radius 2 is 1.16 bits per heavy atom. The number of hydrogen-bond donors (Lipinski definition) is 4.